The van der Waals surface area contributed by atoms with Gasteiger partial charge >= 0.3 is 6.18 Å². The van der Waals surface area contributed by atoms with Gasteiger partial charge in [0.05, 0.1) is 12.6 Å². The molecule has 1 saturated heterocycles. The van der Waals surface area contributed by atoms with Crippen LogP contribution in [0, 0.1) is 5.82 Å². The van der Waals surface area contributed by atoms with Crippen molar-refractivity contribution in [2.24, 2.45) is 0 Å². The van der Waals surface area contributed by atoms with Crippen LogP contribution in [0.2, 0.25) is 0 Å². The number of hydrogen-bond donors (Lipinski definition) is 2. The van der Waals surface area contributed by atoms with Gasteiger partial charge in [-0.3, -0.25) is 14.5 Å². The van der Waals surface area contributed by atoms with Crippen molar-refractivity contribution in [1.82, 2.24) is 10.2 Å². The normalized spacial score (nSPS) is 18.4. The molecule has 1 aromatic carbocycles. The predicted molar refractivity (Wildman–Crippen MR) is 78.7 cm³/mol. The molecule has 0 unspecified atom stereocenters. The Morgan fingerprint density at radius 2 is 2.04 bits per heavy atom. The number of anilines is 1. The lowest BCUT2D eigenvalue weighted by molar-refractivity contribution is -0.141. The molecule has 0 aromatic heterocycles. The Kier molecular flexibility index (Phi) is 5.76. The quantitative estimate of drug-likeness (QED) is 0.800. The SMILES string of the molecule is O=C(CN1CCC[C@@H]1C(=O)NCC(F)(F)F)Nc1cccc(F)c1. The van der Waals surface area contributed by atoms with Gasteiger partial charge in [-0.15, -0.1) is 0 Å². The van der Waals surface area contributed by atoms with E-state index in [1.807, 2.05) is 5.32 Å². The summed E-state index contributed by atoms with van der Waals surface area (Å²) in [5, 5.41) is 4.33. The molecule has 0 aliphatic carbocycles. The average Bonchev–Trinajstić information content (AvgIpc) is 2.92. The van der Waals surface area contributed by atoms with Crippen molar-refractivity contribution >= 4 is 17.5 Å². The Labute approximate surface area is 136 Å². The molecule has 5 nitrogen and oxygen atoms in total. The highest BCUT2D eigenvalue weighted by atomic mass is 19.4. The van der Waals surface area contributed by atoms with Crippen LogP contribution in [0.5, 0.6) is 0 Å². The van der Waals surface area contributed by atoms with Crippen molar-refractivity contribution in [3.8, 4) is 0 Å². The highest BCUT2D eigenvalue weighted by Crippen LogP contribution is 2.19. The first-order chi connectivity index (χ1) is 11.2. The lowest BCUT2D eigenvalue weighted by Crippen LogP contribution is -2.47. The maximum atomic E-state index is 13.1. The fraction of sp³-hybridized carbons (Fsp3) is 0.467. The van der Waals surface area contributed by atoms with Crippen LogP contribution in [0.3, 0.4) is 0 Å². The first-order valence-corrected chi connectivity index (χ1v) is 7.38. The number of amides is 2. The number of carbonyl (C=O) groups is 2. The zero-order valence-electron chi connectivity index (χ0n) is 12.7. The Morgan fingerprint density at radius 3 is 2.71 bits per heavy atom. The summed E-state index contributed by atoms with van der Waals surface area (Å²) >= 11 is 0. The van der Waals surface area contributed by atoms with E-state index in [2.05, 4.69) is 5.32 Å². The van der Waals surface area contributed by atoms with E-state index in [0.29, 0.717) is 19.4 Å². The molecule has 2 rings (SSSR count). The van der Waals surface area contributed by atoms with Gasteiger partial charge in [-0.1, -0.05) is 6.07 Å². The first kappa shape index (κ1) is 18.2. The number of nitrogens with one attached hydrogen (secondary N) is 2. The number of halogens is 4. The molecular weight excluding hydrogens is 330 g/mol. The van der Waals surface area contributed by atoms with E-state index >= 15 is 0 Å². The predicted octanol–water partition coefficient (Wildman–Crippen LogP) is 1.91. The Balaban J connectivity index is 1.88. The molecule has 0 bridgehead atoms. The number of rotatable bonds is 5. The zero-order chi connectivity index (χ0) is 17.7. The number of carbonyl (C=O) groups excluding carboxylic acids is 2. The van der Waals surface area contributed by atoms with Crippen molar-refractivity contribution in [2.45, 2.75) is 25.1 Å². The van der Waals surface area contributed by atoms with Gasteiger partial charge in [-0.2, -0.15) is 13.2 Å². The fourth-order valence-corrected chi connectivity index (χ4v) is 2.57. The van der Waals surface area contributed by atoms with Crippen LogP contribution in [0.25, 0.3) is 0 Å². The van der Waals surface area contributed by atoms with Crippen LogP contribution >= 0.6 is 0 Å². The third-order valence-corrected chi connectivity index (χ3v) is 3.58. The summed E-state index contributed by atoms with van der Waals surface area (Å²) < 4.78 is 49.6. The number of benzene rings is 1. The molecule has 1 aliphatic heterocycles. The Morgan fingerprint density at radius 1 is 1.29 bits per heavy atom. The van der Waals surface area contributed by atoms with Crippen molar-refractivity contribution < 1.29 is 27.2 Å². The summed E-state index contributed by atoms with van der Waals surface area (Å²) in [5.74, 6) is -1.71. The molecule has 0 spiro atoms. The minimum Gasteiger partial charge on any atom is -0.346 e. The summed E-state index contributed by atoms with van der Waals surface area (Å²) in [5.41, 5.74) is 0.275. The van der Waals surface area contributed by atoms with Crippen LogP contribution in [-0.4, -0.2) is 48.6 Å². The Hall–Kier alpha value is -2.16. The maximum Gasteiger partial charge on any atom is 0.405 e. The standard InChI is InChI=1S/C15H17F4N3O2/c16-10-3-1-4-11(7-10)21-13(23)8-22-6-2-5-12(22)14(24)20-9-15(17,18)19/h1,3-4,7,12H,2,5-6,8-9H2,(H,20,24)(H,21,23)/t12-/m1/s1. The van der Waals surface area contributed by atoms with Gasteiger partial charge in [0.15, 0.2) is 0 Å². The third-order valence-electron chi connectivity index (χ3n) is 3.58. The van der Waals surface area contributed by atoms with E-state index < -0.39 is 36.4 Å². The number of nitrogens with zero attached hydrogens (tertiary/aromatic N) is 1. The van der Waals surface area contributed by atoms with Gasteiger partial charge in [-0.05, 0) is 37.6 Å². The van der Waals surface area contributed by atoms with E-state index in [1.165, 1.54) is 23.1 Å². The van der Waals surface area contributed by atoms with E-state index in [1.54, 1.807) is 0 Å². The number of likely N-dealkylation sites (tertiary alicyclic amines) is 1. The van der Waals surface area contributed by atoms with Crippen molar-refractivity contribution in [1.29, 1.82) is 0 Å². The molecule has 132 valence electrons. The molecule has 2 N–H and O–H groups in total. The van der Waals surface area contributed by atoms with Crippen LogP contribution in [-0.2, 0) is 9.59 Å². The molecule has 9 heteroatoms. The van der Waals surface area contributed by atoms with E-state index in [9.17, 15) is 27.2 Å². The molecule has 0 saturated carbocycles. The average molecular weight is 347 g/mol. The highest BCUT2D eigenvalue weighted by Gasteiger charge is 2.34. The molecule has 1 atom stereocenters. The van der Waals surface area contributed by atoms with Gasteiger partial charge in [0.2, 0.25) is 11.8 Å². The monoisotopic (exact) mass is 347 g/mol. The highest BCUT2D eigenvalue weighted by molar-refractivity contribution is 5.93. The van der Waals surface area contributed by atoms with Crippen LogP contribution in [0.4, 0.5) is 23.2 Å². The number of hydrogen-bond acceptors (Lipinski definition) is 3. The topological polar surface area (TPSA) is 61.4 Å². The van der Waals surface area contributed by atoms with Gasteiger partial charge in [0, 0.05) is 5.69 Å². The molecule has 1 heterocycles. The third kappa shape index (κ3) is 5.48. The molecule has 1 aliphatic rings. The van der Waals surface area contributed by atoms with E-state index in [0.717, 1.165) is 6.07 Å². The minimum absolute atomic E-state index is 0.152. The summed E-state index contributed by atoms with van der Waals surface area (Å²) in [6.45, 7) is -1.12. The van der Waals surface area contributed by atoms with Gasteiger partial charge in [-0.25, -0.2) is 4.39 Å². The largest absolute Gasteiger partial charge is 0.405 e. The molecule has 0 radical (unpaired) electrons. The first-order valence-electron chi connectivity index (χ1n) is 7.38. The summed E-state index contributed by atoms with van der Waals surface area (Å²) in [7, 11) is 0. The number of alkyl halides is 3. The Bertz CT molecular complexity index is 607. The molecule has 24 heavy (non-hydrogen) atoms. The summed E-state index contributed by atoms with van der Waals surface area (Å²) in [6.07, 6.45) is -3.48. The summed E-state index contributed by atoms with van der Waals surface area (Å²) in [4.78, 5) is 25.3. The van der Waals surface area contributed by atoms with Gasteiger partial charge in [0.1, 0.15) is 12.4 Å². The van der Waals surface area contributed by atoms with E-state index in [-0.39, 0.29) is 12.2 Å². The summed E-state index contributed by atoms with van der Waals surface area (Å²) in [6, 6.07) is 4.56. The lowest BCUT2D eigenvalue weighted by Gasteiger charge is -2.23. The second-order valence-electron chi connectivity index (χ2n) is 5.52. The van der Waals surface area contributed by atoms with Crippen LogP contribution in [0.1, 0.15) is 12.8 Å². The minimum atomic E-state index is -4.48. The van der Waals surface area contributed by atoms with Crippen LogP contribution in [0.15, 0.2) is 24.3 Å². The van der Waals surface area contributed by atoms with E-state index in [4.69, 9.17) is 0 Å². The zero-order valence-corrected chi connectivity index (χ0v) is 12.7. The molecular formula is C15H17F4N3O2. The molecule has 2 amide bonds. The smallest absolute Gasteiger partial charge is 0.346 e. The maximum absolute atomic E-state index is 13.1. The molecule has 1 fully saturated rings. The van der Waals surface area contributed by atoms with Crippen molar-refractivity contribution in [2.75, 3.05) is 25.0 Å². The van der Waals surface area contributed by atoms with Crippen molar-refractivity contribution in [3.63, 3.8) is 0 Å². The lowest BCUT2D eigenvalue weighted by atomic mass is 10.2. The second kappa shape index (κ2) is 7.61. The second-order valence-corrected chi connectivity index (χ2v) is 5.52. The fourth-order valence-electron chi connectivity index (χ4n) is 2.57. The van der Waals surface area contributed by atoms with Crippen molar-refractivity contribution in [3.05, 3.63) is 30.1 Å². The van der Waals surface area contributed by atoms with Crippen LogP contribution < -0.4 is 10.6 Å². The molecule has 1 aromatic rings. The van der Waals surface area contributed by atoms with Gasteiger partial charge in [0.25, 0.3) is 0 Å². The van der Waals surface area contributed by atoms with Gasteiger partial charge < -0.3 is 10.6 Å².